The molecule has 0 aromatic heterocycles. The standard InChI is InChI=1S/C28H44N2O6.ClH/c1-6-26(4)15-21(36-25(34)30-24(33)35-19-9-7-18(29)8-10-19)27(5)16(2)11-13-28(17(3)23(26)32)14-12-20(31)22(27)28;/h6,16-19,21-23,32H,1,7-15,29H2,2-5H3,(H,30,33,34);1H/t16-,17+,18?,19?,21+,22+,23+,26-,27+,28+;/m1./s1. The lowest BCUT2D eigenvalue weighted by atomic mass is 9.44. The molecule has 0 heterocycles. The topological polar surface area (TPSA) is 128 Å². The average Bonchev–Trinajstić information content (AvgIpc) is 3.19. The molecule has 0 unspecified atom stereocenters. The van der Waals surface area contributed by atoms with Crippen molar-refractivity contribution in [3.63, 3.8) is 0 Å². The summed E-state index contributed by atoms with van der Waals surface area (Å²) in [4.78, 5) is 38.9. The lowest BCUT2D eigenvalue weighted by Crippen LogP contribution is -2.63. The third kappa shape index (κ3) is 5.06. The fraction of sp³-hybridized carbons (Fsp3) is 0.821. The monoisotopic (exact) mass is 540 g/mol. The zero-order valence-electron chi connectivity index (χ0n) is 22.7. The second kappa shape index (κ2) is 10.9. The average molecular weight is 541 g/mol. The van der Waals surface area contributed by atoms with Crippen molar-refractivity contribution in [2.24, 2.45) is 39.7 Å². The van der Waals surface area contributed by atoms with E-state index < -0.39 is 35.2 Å². The van der Waals surface area contributed by atoms with Gasteiger partial charge in [0, 0.05) is 29.2 Å². The van der Waals surface area contributed by atoms with E-state index in [4.69, 9.17) is 15.2 Å². The normalized spacial score (nSPS) is 45.4. The Morgan fingerprint density at radius 3 is 2.32 bits per heavy atom. The number of rotatable bonds is 3. The van der Waals surface area contributed by atoms with Crippen LogP contribution >= 0.6 is 12.4 Å². The van der Waals surface area contributed by atoms with Crippen LogP contribution in [0.15, 0.2) is 12.7 Å². The third-order valence-corrected chi connectivity index (χ3v) is 10.7. The Kier molecular flexibility index (Phi) is 8.77. The van der Waals surface area contributed by atoms with Gasteiger partial charge >= 0.3 is 12.2 Å². The number of ether oxygens (including phenoxy) is 2. The van der Waals surface area contributed by atoms with Gasteiger partial charge in [0.2, 0.25) is 0 Å². The lowest BCUT2D eigenvalue weighted by molar-refractivity contribution is -0.191. The number of halogens is 1. The van der Waals surface area contributed by atoms with Crippen LogP contribution in [0, 0.1) is 34.0 Å². The van der Waals surface area contributed by atoms with Gasteiger partial charge in [-0.15, -0.1) is 19.0 Å². The molecule has 8 nitrogen and oxygen atoms in total. The van der Waals surface area contributed by atoms with E-state index in [0.29, 0.717) is 25.7 Å². The van der Waals surface area contributed by atoms with Crippen LogP contribution in [-0.4, -0.2) is 47.4 Å². The highest BCUT2D eigenvalue weighted by Crippen LogP contribution is 2.67. The molecule has 0 aromatic rings. The molecule has 2 amide bonds. The minimum absolute atomic E-state index is 0. The number of amides is 2. The number of alkyl carbamates (subject to hydrolysis) is 2. The second-order valence-electron chi connectivity index (χ2n) is 12.5. The Morgan fingerprint density at radius 2 is 1.70 bits per heavy atom. The Morgan fingerprint density at radius 1 is 1.08 bits per heavy atom. The molecule has 4 rings (SSSR count). The Balaban J connectivity index is 0.00000380. The van der Waals surface area contributed by atoms with Crippen LogP contribution in [0.25, 0.3) is 0 Å². The number of nitrogens with two attached hydrogens (primary N) is 1. The fourth-order valence-electron chi connectivity index (χ4n) is 8.13. The Hall–Kier alpha value is -1.64. The summed E-state index contributed by atoms with van der Waals surface area (Å²) >= 11 is 0. The molecule has 2 bridgehead atoms. The maximum atomic E-state index is 13.4. The van der Waals surface area contributed by atoms with Gasteiger partial charge in [-0.2, -0.15) is 0 Å². The summed E-state index contributed by atoms with van der Waals surface area (Å²) in [6.45, 7) is 12.2. The van der Waals surface area contributed by atoms with Crippen molar-refractivity contribution >= 4 is 30.4 Å². The molecule has 4 fully saturated rings. The van der Waals surface area contributed by atoms with Gasteiger partial charge in [0.15, 0.2) is 0 Å². The molecule has 4 aliphatic carbocycles. The first-order valence-electron chi connectivity index (χ1n) is 13.7. The zero-order chi connectivity index (χ0) is 26.5. The van der Waals surface area contributed by atoms with E-state index in [9.17, 15) is 19.5 Å². The maximum absolute atomic E-state index is 13.4. The van der Waals surface area contributed by atoms with Crippen LogP contribution in [0.2, 0.25) is 0 Å². The number of imide groups is 1. The first-order valence-corrected chi connectivity index (χ1v) is 13.7. The van der Waals surface area contributed by atoms with E-state index in [-0.39, 0.29) is 53.5 Å². The van der Waals surface area contributed by atoms with Gasteiger partial charge in [-0.05, 0) is 68.6 Å². The number of ketones is 1. The van der Waals surface area contributed by atoms with Crippen LogP contribution < -0.4 is 11.1 Å². The van der Waals surface area contributed by atoms with Crippen LogP contribution in [0.5, 0.6) is 0 Å². The summed E-state index contributed by atoms with van der Waals surface area (Å²) in [5, 5.41) is 13.8. The van der Waals surface area contributed by atoms with Gasteiger partial charge in [0.05, 0.1) is 6.10 Å². The van der Waals surface area contributed by atoms with Crippen LogP contribution in [0.3, 0.4) is 0 Å². The summed E-state index contributed by atoms with van der Waals surface area (Å²) in [6, 6.07) is 0.123. The molecule has 0 radical (unpaired) electrons. The Bertz CT molecular complexity index is 907. The molecule has 0 aliphatic heterocycles. The lowest BCUT2D eigenvalue weighted by Gasteiger charge is -2.61. The van der Waals surface area contributed by atoms with Gasteiger partial charge < -0.3 is 20.3 Å². The summed E-state index contributed by atoms with van der Waals surface area (Å²) < 4.78 is 11.4. The van der Waals surface area contributed by atoms with Crippen molar-refractivity contribution in [3.05, 3.63) is 12.7 Å². The number of Topliss-reactive ketones (excluding diaryl/α,β-unsaturated/α-hetero) is 1. The number of carbonyl (C=O) groups excluding carboxylic acids is 3. The smallest absolute Gasteiger partial charge is 0.416 e. The maximum Gasteiger partial charge on any atom is 0.416 e. The number of aliphatic hydroxyl groups excluding tert-OH is 1. The van der Waals surface area contributed by atoms with Crippen molar-refractivity contribution in [3.8, 4) is 0 Å². The number of hydrogen-bond acceptors (Lipinski definition) is 7. The summed E-state index contributed by atoms with van der Waals surface area (Å²) in [5.41, 5.74) is 4.21. The minimum Gasteiger partial charge on any atom is -0.446 e. The van der Waals surface area contributed by atoms with Crippen LogP contribution in [-0.2, 0) is 14.3 Å². The van der Waals surface area contributed by atoms with Gasteiger partial charge in [0.1, 0.15) is 18.0 Å². The molecule has 8 atom stereocenters. The van der Waals surface area contributed by atoms with Crippen LogP contribution in [0.1, 0.15) is 85.5 Å². The third-order valence-electron chi connectivity index (χ3n) is 10.7. The van der Waals surface area contributed by atoms with Gasteiger partial charge in [-0.3, -0.25) is 4.79 Å². The van der Waals surface area contributed by atoms with Crippen molar-refractivity contribution in [1.82, 2.24) is 5.32 Å². The van der Waals surface area contributed by atoms with E-state index >= 15 is 0 Å². The molecule has 4 N–H and O–H groups in total. The molecule has 0 spiro atoms. The molecule has 4 saturated carbocycles. The Labute approximate surface area is 226 Å². The summed E-state index contributed by atoms with van der Waals surface area (Å²) in [5.74, 6) is -0.110. The van der Waals surface area contributed by atoms with Crippen molar-refractivity contribution < 1.29 is 29.0 Å². The molecule has 9 heteroatoms. The zero-order valence-corrected chi connectivity index (χ0v) is 23.5. The van der Waals surface area contributed by atoms with E-state index in [1.807, 2.05) is 6.92 Å². The van der Waals surface area contributed by atoms with E-state index in [1.54, 1.807) is 6.08 Å². The molecule has 0 saturated heterocycles. The highest BCUT2D eigenvalue weighted by molar-refractivity contribution is 5.88. The summed E-state index contributed by atoms with van der Waals surface area (Å²) in [6.07, 6.45) is 4.49. The molecule has 210 valence electrons. The molecule has 37 heavy (non-hydrogen) atoms. The van der Waals surface area contributed by atoms with Crippen LogP contribution in [0.4, 0.5) is 9.59 Å². The predicted octanol–water partition coefficient (Wildman–Crippen LogP) is 4.90. The van der Waals surface area contributed by atoms with E-state index in [1.165, 1.54) is 0 Å². The SMILES string of the molecule is C=C[C@]1(C)C[C@H](OC(=O)NC(=O)OC2CCC(N)CC2)[C@]2(C)[C@H](C)CC[C@]3(CCC(=O)[C@H]32)[C@@H](C)[C@@H]1O.Cl. The first kappa shape index (κ1) is 29.9. The molecule has 0 aromatic carbocycles. The molecular weight excluding hydrogens is 496 g/mol. The second-order valence-corrected chi connectivity index (χ2v) is 12.5. The van der Waals surface area contributed by atoms with E-state index in [0.717, 1.165) is 32.1 Å². The number of hydrogen-bond donors (Lipinski definition) is 3. The van der Waals surface area contributed by atoms with E-state index in [2.05, 4.69) is 32.7 Å². The minimum atomic E-state index is -0.887. The highest BCUT2D eigenvalue weighted by Gasteiger charge is 2.68. The molecular formula is C28H45ClN2O6. The van der Waals surface area contributed by atoms with Gasteiger partial charge in [0.25, 0.3) is 0 Å². The first-order chi connectivity index (χ1) is 16.9. The number of carbonyl (C=O) groups is 3. The van der Waals surface area contributed by atoms with Crippen molar-refractivity contribution in [2.75, 3.05) is 0 Å². The largest absolute Gasteiger partial charge is 0.446 e. The molecule has 4 aliphatic rings. The summed E-state index contributed by atoms with van der Waals surface area (Å²) in [7, 11) is 0. The highest BCUT2D eigenvalue weighted by atomic mass is 35.5. The van der Waals surface area contributed by atoms with Crippen molar-refractivity contribution in [1.29, 1.82) is 0 Å². The predicted molar refractivity (Wildman–Crippen MR) is 142 cm³/mol. The van der Waals surface area contributed by atoms with Crippen molar-refractivity contribution in [2.45, 2.75) is 110 Å². The van der Waals surface area contributed by atoms with Gasteiger partial charge in [-0.1, -0.05) is 33.8 Å². The number of aliphatic hydroxyl groups is 1. The number of nitrogens with one attached hydrogen (secondary N) is 1. The fourth-order valence-corrected chi connectivity index (χ4v) is 8.13. The van der Waals surface area contributed by atoms with Gasteiger partial charge in [-0.25, -0.2) is 14.9 Å². The quantitative estimate of drug-likeness (QED) is 0.434.